The summed E-state index contributed by atoms with van der Waals surface area (Å²) in [5.41, 5.74) is 1.06. The SMILES string of the molecule is C=CCn1c(SCc2ccc(Cl)s2)nnc1-c1ccccc1. The summed E-state index contributed by atoms with van der Waals surface area (Å²) in [7, 11) is 0. The van der Waals surface area contributed by atoms with Crippen molar-refractivity contribution in [3.05, 3.63) is 64.3 Å². The lowest BCUT2D eigenvalue weighted by Gasteiger charge is -2.07. The fourth-order valence-corrected chi connectivity index (χ4v) is 4.13. The predicted octanol–water partition coefficient (Wildman–Crippen LogP) is 5.14. The van der Waals surface area contributed by atoms with Gasteiger partial charge in [-0.2, -0.15) is 0 Å². The van der Waals surface area contributed by atoms with Crippen molar-refractivity contribution in [2.75, 3.05) is 0 Å². The second kappa shape index (κ2) is 7.13. The van der Waals surface area contributed by atoms with E-state index in [1.807, 2.05) is 48.5 Å². The van der Waals surface area contributed by atoms with Crippen LogP contribution in [0.1, 0.15) is 4.88 Å². The normalized spacial score (nSPS) is 10.8. The Bertz CT molecular complexity index is 765. The summed E-state index contributed by atoms with van der Waals surface area (Å²) in [6.07, 6.45) is 1.86. The molecule has 2 aromatic heterocycles. The van der Waals surface area contributed by atoms with E-state index in [1.165, 1.54) is 4.88 Å². The molecule has 0 aliphatic rings. The van der Waals surface area contributed by atoms with E-state index < -0.39 is 0 Å². The highest BCUT2D eigenvalue weighted by molar-refractivity contribution is 7.98. The lowest BCUT2D eigenvalue weighted by molar-refractivity contribution is 0.731. The van der Waals surface area contributed by atoms with Crippen molar-refractivity contribution in [2.45, 2.75) is 17.5 Å². The Balaban J connectivity index is 1.85. The van der Waals surface area contributed by atoms with Gasteiger partial charge in [0.15, 0.2) is 11.0 Å². The largest absolute Gasteiger partial charge is 0.298 e. The fraction of sp³-hybridized carbons (Fsp3) is 0.125. The van der Waals surface area contributed by atoms with Crippen molar-refractivity contribution in [3.8, 4) is 11.4 Å². The lowest BCUT2D eigenvalue weighted by atomic mass is 10.2. The molecule has 0 N–H and O–H groups in total. The van der Waals surface area contributed by atoms with Crippen LogP contribution in [0.5, 0.6) is 0 Å². The minimum absolute atomic E-state index is 0.685. The van der Waals surface area contributed by atoms with Crippen molar-refractivity contribution in [3.63, 3.8) is 0 Å². The average Bonchev–Trinajstić information content (AvgIpc) is 3.13. The van der Waals surface area contributed by atoms with Crippen LogP contribution in [0.15, 0.2) is 60.3 Å². The van der Waals surface area contributed by atoms with Gasteiger partial charge in [0.05, 0.1) is 4.34 Å². The van der Waals surface area contributed by atoms with Gasteiger partial charge in [-0.3, -0.25) is 4.57 Å². The maximum absolute atomic E-state index is 5.97. The summed E-state index contributed by atoms with van der Waals surface area (Å²) in [6.45, 7) is 4.52. The number of benzene rings is 1. The van der Waals surface area contributed by atoms with Crippen LogP contribution < -0.4 is 0 Å². The Morgan fingerprint density at radius 2 is 2.00 bits per heavy atom. The van der Waals surface area contributed by atoms with Gasteiger partial charge >= 0.3 is 0 Å². The molecule has 112 valence electrons. The van der Waals surface area contributed by atoms with Crippen LogP contribution >= 0.6 is 34.7 Å². The smallest absolute Gasteiger partial charge is 0.192 e. The first kappa shape index (κ1) is 15.3. The fourth-order valence-electron chi connectivity index (χ4n) is 2.05. The molecule has 6 heteroatoms. The zero-order valence-electron chi connectivity index (χ0n) is 11.8. The molecule has 0 atom stereocenters. The van der Waals surface area contributed by atoms with E-state index in [2.05, 4.69) is 21.3 Å². The molecule has 0 unspecified atom stereocenters. The summed E-state index contributed by atoms with van der Waals surface area (Å²) in [5.74, 6) is 1.70. The zero-order valence-corrected chi connectivity index (χ0v) is 14.2. The molecule has 22 heavy (non-hydrogen) atoms. The van der Waals surface area contributed by atoms with E-state index in [0.29, 0.717) is 6.54 Å². The minimum atomic E-state index is 0.685. The van der Waals surface area contributed by atoms with Crippen LogP contribution in [-0.4, -0.2) is 14.8 Å². The monoisotopic (exact) mass is 347 g/mol. The summed E-state index contributed by atoms with van der Waals surface area (Å²) in [6, 6.07) is 14.0. The van der Waals surface area contributed by atoms with Gasteiger partial charge in [0, 0.05) is 22.7 Å². The Morgan fingerprint density at radius 3 is 2.68 bits per heavy atom. The Hall–Kier alpha value is -1.56. The molecule has 0 spiro atoms. The number of aromatic nitrogens is 3. The third-order valence-electron chi connectivity index (χ3n) is 3.03. The van der Waals surface area contributed by atoms with Gasteiger partial charge in [0.1, 0.15) is 0 Å². The van der Waals surface area contributed by atoms with E-state index in [9.17, 15) is 0 Å². The standard InChI is InChI=1S/C16H14ClN3S2/c1-2-10-20-15(12-6-4-3-5-7-12)18-19-16(20)21-11-13-8-9-14(17)22-13/h2-9H,1,10-11H2. The van der Waals surface area contributed by atoms with E-state index >= 15 is 0 Å². The molecule has 0 fully saturated rings. The van der Waals surface area contributed by atoms with Crippen LogP contribution in [0.4, 0.5) is 0 Å². The maximum Gasteiger partial charge on any atom is 0.192 e. The minimum Gasteiger partial charge on any atom is -0.298 e. The number of thioether (sulfide) groups is 1. The first-order chi connectivity index (χ1) is 10.8. The van der Waals surface area contributed by atoms with Crippen molar-refractivity contribution in [1.82, 2.24) is 14.8 Å². The molecule has 3 aromatic rings. The summed E-state index contributed by atoms with van der Waals surface area (Å²) in [4.78, 5) is 1.23. The van der Waals surface area contributed by atoms with Gasteiger partial charge in [-0.15, -0.1) is 28.1 Å². The quantitative estimate of drug-likeness (QED) is 0.457. The number of allylic oxidation sites excluding steroid dienone is 1. The number of rotatable bonds is 6. The van der Waals surface area contributed by atoms with Crippen LogP contribution in [0, 0.1) is 0 Å². The second-order valence-corrected chi connectivity index (χ2v) is 7.31. The van der Waals surface area contributed by atoms with Gasteiger partial charge in [-0.1, -0.05) is 59.8 Å². The number of nitrogens with zero attached hydrogens (tertiary/aromatic N) is 3. The summed E-state index contributed by atoms with van der Waals surface area (Å²) >= 11 is 9.23. The molecule has 3 nitrogen and oxygen atoms in total. The molecule has 0 saturated heterocycles. The highest BCUT2D eigenvalue weighted by atomic mass is 35.5. The van der Waals surface area contributed by atoms with Crippen LogP contribution in [0.2, 0.25) is 4.34 Å². The highest BCUT2D eigenvalue weighted by Gasteiger charge is 2.13. The Morgan fingerprint density at radius 1 is 1.18 bits per heavy atom. The average molecular weight is 348 g/mol. The van der Waals surface area contributed by atoms with Gasteiger partial charge in [0.25, 0.3) is 0 Å². The molecule has 0 aliphatic heterocycles. The molecule has 0 amide bonds. The Kier molecular flexibility index (Phi) is 4.97. The Labute approximate surface area is 142 Å². The molecule has 2 heterocycles. The molecule has 0 aliphatic carbocycles. The van der Waals surface area contributed by atoms with Crippen LogP contribution in [0.3, 0.4) is 0 Å². The molecule has 0 bridgehead atoms. The predicted molar refractivity (Wildman–Crippen MR) is 94.5 cm³/mol. The number of hydrogen-bond acceptors (Lipinski definition) is 4. The third-order valence-corrected chi connectivity index (χ3v) is 5.46. The first-order valence-electron chi connectivity index (χ1n) is 6.74. The van der Waals surface area contributed by atoms with Gasteiger partial charge in [-0.25, -0.2) is 0 Å². The highest BCUT2D eigenvalue weighted by Crippen LogP contribution is 2.30. The molecule has 0 radical (unpaired) electrons. The first-order valence-corrected chi connectivity index (χ1v) is 8.92. The number of hydrogen-bond donors (Lipinski definition) is 0. The molecule has 0 saturated carbocycles. The van der Waals surface area contributed by atoms with E-state index in [4.69, 9.17) is 11.6 Å². The second-order valence-electron chi connectivity index (χ2n) is 4.57. The summed E-state index contributed by atoms with van der Waals surface area (Å²) < 4.78 is 2.90. The molecule has 3 rings (SSSR count). The number of halogens is 1. The lowest BCUT2D eigenvalue weighted by Crippen LogP contribution is -2.00. The molecule has 1 aromatic carbocycles. The number of thiophene rings is 1. The van der Waals surface area contributed by atoms with Crippen LogP contribution in [-0.2, 0) is 12.3 Å². The topological polar surface area (TPSA) is 30.7 Å². The van der Waals surface area contributed by atoms with Crippen molar-refractivity contribution < 1.29 is 0 Å². The van der Waals surface area contributed by atoms with Gasteiger partial charge in [0.2, 0.25) is 0 Å². The summed E-state index contributed by atoms with van der Waals surface area (Å²) in [5, 5.41) is 9.57. The molecular formula is C16H14ClN3S2. The van der Waals surface area contributed by atoms with Crippen LogP contribution in [0.25, 0.3) is 11.4 Å². The van der Waals surface area contributed by atoms with E-state index in [1.54, 1.807) is 23.1 Å². The van der Waals surface area contributed by atoms with Gasteiger partial charge in [-0.05, 0) is 12.1 Å². The van der Waals surface area contributed by atoms with Gasteiger partial charge < -0.3 is 0 Å². The maximum atomic E-state index is 5.97. The van der Waals surface area contributed by atoms with Crippen molar-refractivity contribution in [2.24, 2.45) is 0 Å². The van der Waals surface area contributed by atoms with Crippen molar-refractivity contribution >= 4 is 34.7 Å². The van der Waals surface area contributed by atoms with E-state index in [-0.39, 0.29) is 0 Å². The molecular weight excluding hydrogens is 334 g/mol. The third kappa shape index (κ3) is 3.43. The van der Waals surface area contributed by atoms with Crippen molar-refractivity contribution in [1.29, 1.82) is 0 Å². The zero-order chi connectivity index (χ0) is 15.4. The van der Waals surface area contributed by atoms with E-state index in [0.717, 1.165) is 26.6 Å².